The van der Waals surface area contributed by atoms with Crippen LogP contribution in [0.1, 0.15) is 13.3 Å². The van der Waals surface area contributed by atoms with Gasteiger partial charge in [-0.25, -0.2) is 4.99 Å². The summed E-state index contributed by atoms with van der Waals surface area (Å²) in [6.07, 6.45) is 0.731. The molecule has 0 aromatic rings. The van der Waals surface area contributed by atoms with Gasteiger partial charge in [-0.1, -0.05) is 0 Å². The molecule has 0 bridgehead atoms. The Hall–Kier alpha value is -1.19. The molecule has 2 aliphatic rings. The van der Waals surface area contributed by atoms with Crippen molar-refractivity contribution in [1.82, 2.24) is 0 Å². The standard InChI is InChI=1S/C7H8N2O2/c1-4-8-6(10)5-2-3-11-7(5)9-4/h5H,2-3H2,1H3. The molecule has 1 amide bonds. The van der Waals surface area contributed by atoms with Crippen LogP contribution in [0, 0.1) is 5.92 Å². The van der Waals surface area contributed by atoms with Gasteiger partial charge in [-0.2, -0.15) is 4.99 Å². The zero-order valence-corrected chi connectivity index (χ0v) is 6.20. The van der Waals surface area contributed by atoms with Gasteiger partial charge in [0.05, 0.1) is 6.61 Å². The lowest BCUT2D eigenvalue weighted by Crippen LogP contribution is -2.23. The van der Waals surface area contributed by atoms with Gasteiger partial charge < -0.3 is 4.74 Å². The smallest absolute Gasteiger partial charge is 0.259 e. The second-order valence-electron chi connectivity index (χ2n) is 2.64. The monoisotopic (exact) mass is 152 g/mol. The van der Waals surface area contributed by atoms with Crippen LogP contribution in [0.15, 0.2) is 9.98 Å². The lowest BCUT2D eigenvalue weighted by Gasteiger charge is -2.08. The minimum absolute atomic E-state index is 0.106. The number of nitrogens with zero attached hydrogens (tertiary/aromatic N) is 2. The predicted molar refractivity (Wildman–Crippen MR) is 39.6 cm³/mol. The van der Waals surface area contributed by atoms with E-state index < -0.39 is 0 Å². The summed E-state index contributed by atoms with van der Waals surface area (Å²) in [6.45, 7) is 2.29. The molecular weight excluding hydrogens is 144 g/mol. The van der Waals surface area contributed by atoms with Gasteiger partial charge in [-0.05, 0) is 6.92 Å². The van der Waals surface area contributed by atoms with E-state index in [2.05, 4.69) is 9.98 Å². The minimum Gasteiger partial charge on any atom is -0.480 e. The Bertz CT molecular complexity index is 268. The summed E-state index contributed by atoms with van der Waals surface area (Å²) in [5, 5.41) is 0. The molecule has 1 unspecified atom stereocenters. The van der Waals surface area contributed by atoms with Crippen molar-refractivity contribution in [2.24, 2.45) is 15.9 Å². The second kappa shape index (κ2) is 2.15. The Kier molecular flexibility index (Phi) is 1.27. The average Bonchev–Trinajstić information content (AvgIpc) is 2.34. The van der Waals surface area contributed by atoms with Crippen LogP contribution in [0.2, 0.25) is 0 Å². The molecule has 2 rings (SSSR count). The van der Waals surface area contributed by atoms with Crippen molar-refractivity contribution in [2.75, 3.05) is 6.61 Å². The van der Waals surface area contributed by atoms with Gasteiger partial charge in [0.15, 0.2) is 0 Å². The first kappa shape index (κ1) is 6.52. The zero-order chi connectivity index (χ0) is 7.84. The molecule has 0 saturated carbocycles. The molecule has 1 saturated heterocycles. The molecule has 2 heterocycles. The van der Waals surface area contributed by atoms with E-state index >= 15 is 0 Å². The van der Waals surface area contributed by atoms with Crippen molar-refractivity contribution in [2.45, 2.75) is 13.3 Å². The van der Waals surface area contributed by atoms with Crippen LogP contribution in [-0.4, -0.2) is 24.2 Å². The number of amides is 1. The van der Waals surface area contributed by atoms with E-state index in [4.69, 9.17) is 4.74 Å². The molecule has 4 heteroatoms. The quantitative estimate of drug-likeness (QED) is 0.503. The molecule has 1 fully saturated rings. The summed E-state index contributed by atoms with van der Waals surface area (Å²) in [5.41, 5.74) is 0. The van der Waals surface area contributed by atoms with Gasteiger partial charge >= 0.3 is 0 Å². The van der Waals surface area contributed by atoms with E-state index in [0.717, 1.165) is 6.42 Å². The van der Waals surface area contributed by atoms with Crippen LogP contribution in [-0.2, 0) is 9.53 Å². The summed E-state index contributed by atoms with van der Waals surface area (Å²) >= 11 is 0. The van der Waals surface area contributed by atoms with Crippen LogP contribution in [0.3, 0.4) is 0 Å². The number of carbonyl (C=O) groups is 1. The summed E-state index contributed by atoms with van der Waals surface area (Å²) in [7, 11) is 0. The maximum absolute atomic E-state index is 11.1. The summed E-state index contributed by atoms with van der Waals surface area (Å²) in [4.78, 5) is 18.9. The lowest BCUT2D eigenvalue weighted by atomic mass is 10.1. The third-order valence-corrected chi connectivity index (χ3v) is 1.80. The first-order chi connectivity index (χ1) is 5.27. The Morgan fingerprint density at radius 3 is 3.18 bits per heavy atom. The average molecular weight is 152 g/mol. The van der Waals surface area contributed by atoms with E-state index in [-0.39, 0.29) is 11.8 Å². The fraction of sp³-hybridized carbons (Fsp3) is 0.571. The molecular formula is C7H8N2O2. The number of carbonyl (C=O) groups excluding carboxylic acids is 1. The molecule has 0 spiro atoms. The minimum atomic E-state index is -0.182. The maximum atomic E-state index is 11.1. The lowest BCUT2D eigenvalue weighted by molar-refractivity contribution is -0.119. The Balaban J connectivity index is 2.36. The molecule has 4 nitrogen and oxygen atoms in total. The van der Waals surface area contributed by atoms with E-state index in [1.165, 1.54) is 0 Å². The highest BCUT2D eigenvalue weighted by Crippen LogP contribution is 2.20. The van der Waals surface area contributed by atoms with Crippen molar-refractivity contribution in [3.05, 3.63) is 0 Å². The zero-order valence-electron chi connectivity index (χ0n) is 6.20. The number of hydrogen-bond acceptors (Lipinski definition) is 3. The third-order valence-electron chi connectivity index (χ3n) is 1.80. The van der Waals surface area contributed by atoms with Crippen molar-refractivity contribution in [3.63, 3.8) is 0 Å². The highest BCUT2D eigenvalue weighted by Gasteiger charge is 2.33. The van der Waals surface area contributed by atoms with Gasteiger partial charge in [-0.3, -0.25) is 4.79 Å². The maximum Gasteiger partial charge on any atom is 0.259 e. The number of hydrogen-bond donors (Lipinski definition) is 0. The summed E-state index contributed by atoms with van der Waals surface area (Å²) < 4.78 is 5.15. The van der Waals surface area contributed by atoms with Gasteiger partial charge in [0, 0.05) is 6.42 Å². The molecule has 1 atom stereocenters. The van der Waals surface area contributed by atoms with Gasteiger partial charge in [-0.15, -0.1) is 0 Å². The highest BCUT2D eigenvalue weighted by atomic mass is 16.5. The molecule has 0 aromatic carbocycles. The molecule has 58 valence electrons. The molecule has 0 N–H and O–H groups in total. The van der Waals surface area contributed by atoms with E-state index in [1.807, 2.05) is 0 Å². The van der Waals surface area contributed by atoms with Crippen LogP contribution < -0.4 is 0 Å². The molecule has 2 aliphatic heterocycles. The predicted octanol–water partition coefficient (Wildman–Crippen LogP) is 0.380. The summed E-state index contributed by atoms with van der Waals surface area (Å²) in [5.74, 6) is 0.773. The number of aliphatic imine (C=N–C) groups is 2. The van der Waals surface area contributed by atoms with Crippen molar-refractivity contribution < 1.29 is 9.53 Å². The van der Waals surface area contributed by atoms with Crippen LogP contribution in [0.5, 0.6) is 0 Å². The fourth-order valence-corrected chi connectivity index (χ4v) is 1.27. The largest absolute Gasteiger partial charge is 0.480 e. The highest BCUT2D eigenvalue weighted by molar-refractivity contribution is 6.13. The Morgan fingerprint density at radius 2 is 2.36 bits per heavy atom. The Labute approximate surface area is 64.0 Å². The van der Waals surface area contributed by atoms with Crippen molar-refractivity contribution in [1.29, 1.82) is 0 Å². The van der Waals surface area contributed by atoms with Crippen LogP contribution >= 0.6 is 0 Å². The topological polar surface area (TPSA) is 51.0 Å². The van der Waals surface area contributed by atoms with Crippen molar-refractivity contribution in [3.8, 4) is 0 Å². The number of rotatable bonds is 0. The van der Waals surface area contributed by atoms with Crippen LogP contribution in [0.25, 0.3) is 0 Å². The number of amidine groups is 1. The second-order valence-corrected chi connectivity index (χ2v) is 2.64. The van der Waals surface area contributed by atoms with E-state index in [0.29, 0.717) is 18.3 Å². The SMILES string of the molecule is CC1=NC(=O)C2CCOC2=N1. The van der Waals surface area contributed by atoms with E-state index in [1.54, 1.807) is 6.92 Å². The van der Waals surface area contributed by atoms with Gasteiger partial charge in [0.2, 0.25) is 5.90 Å². The third kappa shape index (κ3) is 0.943. The van der Waals surface area contributed by atoms with Gasteiger partial charge in [0.25, 0.3) is 5.91 Å². The summed E-state index contributed by atoms with van der Waals surface area (Å²) in [6, 6.07) is 0. The van der Waals surface area contributed by atoms with Crippen LogP contribution in [0.4, 0.5) is 0 Å². The number of ether oxygens (including phenoxy) is 1. The molecule has 11 heavy (non-hydrogen) atoms. The molecule has 0 aromatic heterocycles. The first-order valence-corrected chi connectivity index (χ1v) is 3.58. The fourth-order valence-electron chi connectivity index (χ4n) is 1.27. The first-order valence-electron chi connectivity index (χ1n) is 3.58. The van der Waals surface area contributed by atoms with Gasteiger partial charge in [0.1, 0.15) is 11.8 Å². The number of fused-ring (bicyclic) bond motifs is 1. The normalized spacial score (nSPS) is 28.8. The molecule has 0 radical (unpaired) electrons. The molecule has 0 aliphatic carbocycles. The Morgan fingerprint density at radius 1 is 1.55 bits per heavy atom. The van der Waals surface area contributed by atoms with Crippen molar-refractivity contribution >= 4 is 17.6 Å². The van der Waals surface area contributed by atoms with E-state index in [9.17, 15) is 4.79 Å².